The van der Waals surface area contributed by atoms with Gasteiger partial charge in [-0.2, -0.15) is 0 Å². The summed E-state index contributed by atoms with van der Waals surface area (Å²) in [7, 11) is 0. The van der Waals surface area contributed by atoms with E-state index in [1.807, 2.05) is 19.1 Å². The van der Waals surface area contributed by atoms with Crippen LogP contribution in [0.3, 0.4) is 0 Å². The number of nitrogens with zero attached hydrogens (tertiary/aromatic N) is 1. The summed E-state index contributed by atoms with van der Waals surface area (Å²) in [6.45, 7) is 2.03. The molecule has 0 spiro atoms. The maximum absolute atomic E-state index is 10.4. The molecule has 0 amide bonds. The van der Waals surface area contributed by atoms with Gasteiger partial charge in [-0.05, 0) is 24.1 Å². The van der Waals surface area contributed by atoms with Crippen LogP contribution >= 0.6 is 0 Å². The fourth-order valence-corrected chi connectivity index (χ4v) is 1.29. The lowest BCUT2D eigenvalue weighted by molar-refractivity contribution is -0.131. The highest BCUT2D eigenvalue weighted by Crippen LogP contribution is 2.19. The second kappa shape index (κ2) is 5.17. The van der Waals surface area contributed by atoms with Crippen LogP contribution in [-0.2, 0) is 4.79 Å². The zero-order chi connectivity index (χ0) is 10.4. The number of carboxylic acid groups (broad SMARTS) is 1. The minimum atomic E-state index is -0.905. The molecule has 74 valence electrons. The molecule has 3 heteroatoms. The van der Waals surface area contributed by atoms with Crippen LogP contribution in [0, 0.1) is 0 Å². The fraction of sp³-hybridized carbons (Fsp3) is 0.273. The van der Waals surface area contributed by atoms with Crippen molar-refractivity contribution in [2.75, 3.05) is 0 Å². The third-order valence-electron chi connectivity index (χ3n) is 2.05. The number of hydrogen-bond acceptors (Lipinski definition) is 2. The zero-order valence-electron chi connectivity index (χ0n) is 8.05. The highest BCUT2D eigenvalue weighted by Gasteiger charge is 2.04. The van der Waals surface area contributed by atoms with E-state index < -0.39 is 5.97 Å². The third-order valence-corrected chi connectivity index (χ3v) is 2.05. The molecule has 0 aromatic carbocycles. The minimum absolute atomic E-state index is 0.161. The molecule has 0 aliphatic rings. The molecule has 3 nitrogen and oxygen atoms in total. The number of allylic oxidation sites excluding steroid dienone is 1. The molecule has 14 heavy (non-hydrogen) atoms. The molecule has 1 rings (SSSR count). The molecule has 0 bridgehead atoms. The number of pyridine rings is 1. The van der Waals surface area contributed by atoms with E-state index in [4.69, 9.17) is 5.11 Å². The van der Waals surface area contributed by atoms with Gasteiger partial charge in [0.05, 0.1) is 0 Å². The largest absolute Gasteiger partial charge is 0.478 e. The molecule has 0 radical (unpaired) electrons. The molecule has 0 saturated carbocycles. The van der Waals surface area contributed by atoms with Gasteiger partial charge in [0.15, 0.2) is 0 Å². The Kier molecular flexibility index (Phi) is 3.85. The van der Waals surface area contributed by atoms with Crippen LogP contribution in [-0.4, -0.2) is 16.1 Å². The lowest BCUT2D eigenvalue weighted by Gasteiger charge is -2.08. The van der Waals surface area contributed by atoms with Crippen LogP contribution in [0.25, 0.3) is 0 Å². The molecule has 1 unspecified atom stereocenters. The fourth-order valence-electron chi connectivity index (χ4n) is 1.29. The number of aromatic nitrogens is 1. The average Bonchev–Trinajstić information content (AvgIpc) is 2.20. The van der Waals surface area contributed by atoms with Crippen molar-refractivity contribution in [1.29, 1.82) is 0 Å². The summed E-state index contributed by atoms with van der Waals surface area (Å²) in [5.74, 6) is -0.744. The van der Waals surface area contributed by atoms with E-state index in [0.717, 1.165) is 12.0 Å². The smallest absolute Gasteiger partial charge is 0.327 e. The summed E-state index contributed by atoms with van der Waals surface area (Å²) < 4.78 is 0. The van der Waals surface area contributed by atoms with E-state index >= 15 is 0 Å². The Morgan fingerprint density at radius 3 is 2.71 bits per heavy atom. The van der Waals surface area contributed by atoms with Crippen molar-refractivity contribution in [1.82, 2.24) is 4.98 Å². The summed E-state index contributed by atoms with van der Waals surface area (Å²) in [5, 5.41) is 8.51. The number of rotatable bonds is 4. The van der Waals surface area contributed by atoms with E-state index in [2.05, 4.69) is 4.98 Å². The second-order valence-corrected chi connectivity index (χ2v) is 2.99. The molecule has 0 aliphatic carbocycles. The van der Waals surface area contributed by atoms with Crippen LogP contribution in [0.5, 0.6) is 0 Å². The van der Waals surface area contributed by atoms with Crippen molar-refractivity contribution < 1.29 is 9.90 Å². The SMILES string of the molecule is CCC(C=CC(=O)O)c1ccncc1. The molecule has 1 atom stereocenters. The van der Waals surface area contributed by atoms with Gasteiger partial charge < -0.3 is 5.11 Å². The van der Waals surface area contributed by atoms with Crippen LogP contribution < -0.4 is 0 Å². The lowest BCUT2D eigenvalue weighted by Crippen LogP contribution is -1.95. The Morgan fingerprint density at radius 2 is 2.21 bits per heavy atom. The molecule has 1 aromatic heterocycles. The first-order chi connectivity index (χ1) is 6.74. The van der Waals surface area contributed by atoms with Gasteiger partial charge in [-0.3, -0.25) is 4.98 Å². The summed E-state index contributed by atoms with van der Waals surface area (Å²) in [6, 6.07) is 3.81. The molecule has 0 saturated heterocycles. The third kappa shape index (κ3) is 3.01. The summed E-state index contributed by atoms with van der Waals surface area (Å²) in [4.78, 5) is 14.3. The lowest BCUT2D eigenvalue weighted by atomic mass is 9.97. The van der Waals surface area contributed by atoms with Crippen LogP contribution in [0.4, 0.5) is 0 Å². The number of aliphatic carboxylic acids is 1. The highest BCUT2D eigenvalue weighted by molar-refractivity contribution is 5.79. The van der Waals surface area contributed by atoms with E-state index in [1.165, 1.54) is 6.08 Å². The molecule has 1 heterocycles. The number of carbonyl (C=O) groups is 1. The van der Waals surface area contributed by atoms with Crippen LogP contribution in [0.2, 0.25) is 0 Å². The van der Waals surface area contributed by atoms with Crippen LogP contribution in [0.1, 0.15) is 24.8 Å². The average molecular weight is 191 g/mol. The van der Waals surface area contributed by atoms with E-state index in [0.29, 0.717) is 0 Å². The monoisotopic (exact) mass is 191 g/mol. The maximum Gasteiger partial charge on any atom is 0.327 e. The Morgan fingerprint density at radius 1 is 1.57 bits per heavy atom. The van der Waals surface area contributed by atoms with Crippen LogP contribution in [0.15, 0.2) is 36.7 Å². The Bertz CT molecular complexity index is 319. The molecular weight excluding hydrogens is 178 g/mol. The second-order valence-electron chi connectivity index (χ2n) is 2.99. The van der Waals surface area contributed by atoms with Gasteiger partial charge in [-0.1, -0.05) is 13.0 Å². The topological polar surface area (TPSA) is 50.2 Å². The summed E-state index contributed by atoms with van der Waals surface area (Å²) >= 11 is 0. The quantitative estimate of drug-likeness (QED) is 0.742. The van der Waals surface area contributed by atoms with Crippen molar-refractivity contribution in [2.45, 2.75) is 19.3 Å². The normalized spacial score (nSPS) is 12.9. The first-order valence-corrected chi connectivity index (χ1v) is 4.55. The van der Waals surface area contributed by atoms with Crippen molar-refractivity contribution in [3.05, 3.63) is 42.2 Å². The molecule has 0 fully saturated rings. The van der Waals surface area contributed by atoms with Gasteiger partial charge in [0.2, 0.25) is 0 Å². The van der Waals surface area contributed by atoms with E-state index in [1.54, 1.807) is 18.5 Å². The van der Waals surface area contributed by atoms with E-state index in [-0.39, 0.29) is 5.92 Å². The van der Waals surface area contributed by atoms with Gasteiger partial charge in [-0.15, -0.1) is 0 Å². The zero-order valence-corrected chi connectivity index (χ0v) is 8.05. The predicted molar refractivity (Wildman–Crippen MR) is 54.0 cm³/mol. The first kappa shape index (κ1) is 10.4. The van der Waals surface area contributed by atoms with Crippen molar-refractivity contribution in [2.24, 2.45) is 0 Å². The molecular formula is C11H13NO2. The van der Waals surface area contributed by atoms with Gasteiger partial charge >= 0.3 is 5.97 Å². The first-order valence-electron chi connectivity index (χ1n) is 4.55. The molecule has 1 N–H and O–H groups in total. The summed E-state index contributed by atoms with van der Waals surface area (Å²) in [6.07, 6.45) is 7.21. The van der Waals surface area contributed by atoms with Crippen molar-refractivity contribution >= 4 is 5.97 Å². The minimum Gasteiger partial charge on any atom is -0.478 e. The molecule has 1 aromatic rings. The Balaban J connectivity index is 2.78. The predicted octanol–water partition coefficient (Wildman–Crippen LogP) is 2.22. The number of hydrogen-bond donors (Lipinski definition) is 1. The van der Waals surface area contributed by atoms with Gasteiger partial charge in [0, 0.05) is 24.4 Å². The Hall–Kier alpha value is -1.64. The van der Waals surface area contributed by atoms with Crippen molar-refractivity contribution in [3.8, 4) is 0 Å². The van der Waals surface area contributed by atoms with Crippen molar-refractivity contribution in [3.63, 3.8) is 0 Å². The number of carboxylic acids is 1. The summed E-state index contributed by atoms with van der Waals surface area (Å²) in [5.41, 5.74) is 1.10. The van der Waals surface area contributed by atoms with Gasteiger partial charge in [0.1, 0.15) is 0 Å². The molecule has 0 aliphatic heterocycles. The maximum atomic E-state index is 10.4. The standard InChI is InChI=1S/C11H13NO2/c1-2-9(3-4-11(13)14)10-5-7-12-8-6-10/h3-9H,2H2,1H3,(H,13,14). The van der Waals surface area contributed by atoms with E-state index in [9.17, 15) is 4.79 Å². The van der Waals surface area contributed by atoms with Gasteiger partial charge in [-0.25, -0.2) is 4.79 Å². The van der Waals surface area contributed by atoms with Gasteiger partial charge in [0.25, 0.3) is 0 Å². The highest BCUT2D eigenvalue weighted by atomic mass is 16.4. The Labute approximate surface area is 83.1 Å².